The van der Waals surface area contributed by atoms with Crippen LogP contribution in [0.1, 0.15) is 25.5 Å². The molecule has 1 atom stereocenters. The lowest BCUT2D eigenvalue weighted by atomic mass is 9.98. The summed E-state index contributed by atoms with van der Waals surface area (Å²) in [7, 11) is 0. The minimum absolute atomic E-state index is 0.0146. The van der Waals surface area contributed by atoms with Crippen LogP contribution >= 0.6 is 11.3 Å². The van der Waals surface area contributed by atoms with E-state index < -0.39 is 0 Å². The van der Waals surface area contributed by atoms with Gasteiger partial charge in [0.25, 0.3) is 0 Å². The van der Waals surface area contributed by atoms with Crippen LogP contribution in [0.25, 0.3) is 10.8 Å². The second kappa shape index (κ2) is 7.61. The van der Waals surface area contributed by atoms with Gasteiger partial charge in [-0.25, -0.2) is 15.0 Å². The van der Waals surface area contributed by atoms with Crippen molar-refractivity contribution in [2.24, 2.45) is 5.92 Å². The molecule has 0 amide bonds. The van der Waals surface area contributed by atoms with Crippen LogP contribution in [0.4, 0.5) is 0 Å². The number of carbonyl (C=O) groups excluding carboxylic acids is 1. The predicted octanol–water partition coefficient (Wildman–Crippen LogP) is 2.38. The Morgan fingerprint density at radius 3 is 3.04 bits per heavy atom. The third-order valence-corrected chi connectivity index (χ3v) is 4.71. The van der Waals surface area contributed by atoms with Crippen molar-refractivity contribution in [1.29, 1.82) is 0 Å². The van der Waals surface area contributed by atoms with Gasteiger partial charge >= 0.3 is 5.97 Å². The number of likely N-dealkylation sites (tertiary alicyclic amines) is 1. The van der Waals surface area contributed by atoms with Crippen LogP contribution in [0.3, 0.4) is 0 Å². The first kappa shape index (κ1) is 16.0. The summed E-state index contributed by atoms with van der Waals surface area (Å²) >= 11 is 1.55. The lowest BCUT2D eigenvalue weighted by Gasteiger charge is -2.30. The lowest BCUT2D eigenvalue weighted by molar-refractivity contribution is -0.150. The zero-order valence-corrected chi connectivity index (χ0v) is 14.0. The van der Waals surface area contributed by atoms with Crippen molar-refractivity contribution in [2.45, 2.75) is 26.3 Å². The minimum Gasteiger partial charge on any atom is -0.466 e. The first-order chi connectivity index (χ1) is 11.3. The average molecular weight is 332 g/mol. The lowest BCUT2D eigenvalue weighted by Crippen LogP contribution is -2.39. The molecule has 2 aromatic rings. The Hall–Kier alpha value is -1.86. The highest BCUT2D eigenvalue weighted by Crippen LogP contribution is 2.23. The minimum atomic E-state index is -0.0751. The maximum Gasteiger partial charge on any atom is 0.310 e. The Balaban J connectivity index is 1.61. The number of nitrogens with zero attached hydrogens (tertiary/aromatic N) is 4. The summed E-state index contributed by atoms with van der Waals surface area (Å²) in [5.41, 5.74) is 1.00. The maximum absolute atomic E-state index is 11.9. The van der Waals surface area contributed by atoms with E-state index in [9.17, 15) is 4.79 Å². The summed E-state index contributed by atoms with van der Waals surface area (Å²) in [6.45, 7) is 4.78. The largest absolute Gasteiger partial charge is 0.466 e. The van der Waals surface area contributed by atoms with Gasteiger partial charge in [0.1, 0.15) is 0 Å². The Bertz CT molecular complexity index is 647. The van der Waals surface area contributed by atoms with E-state index in [1.54, 1.807) is 29.8 Å². The van der Waals surface area contributed by atoms with E-state index in [-0.39, 0.29) is 11.9 Å². The van der Waals surface area contributed by atoms with E-state index in [1.165, 1.54) is 0 Å². The summed E-state index contributed by atoms with van der Waals surface area (Å²) in [6, 6.07) is 1.79. The molecule has 122 valence electrons. The molecule has 0 aliphatic carbocycles. The van der Waals surface area contributed by atoms with Crippen molar-refractivity contribution in [3.8, 4) is 10.8 Å². The van der Waals surface area contributed by atoms with Crippen molar-refractivity contribution in [3.05, 3.63) is 29.5 Å². The highest BCUT2D eigenvalue weighted by Gasteiger charge is 2.27. The van der Waals surface area contributed by atoms with Crippen molar-refractivity contribution >= 4 is 17.3 Å². The van der Waals surface area contributed by atoms with Gasteiger partial charge in [0.15, 0.2) is 10.8 Å². The number of esters is 1. The number of piperidine rings is 1. The Labute approximate surface area is 139 Å². The molecule has 0 bridgehead atoms. The number of aromatic nitrogens is 3. The standard InChI is InChI=1S/C16H20N4O2S/c1-2-22-16(21)12-5-3-8-20(9-12)10-13-11-23-15(19-13)14-17-6-4-7-18-14/h4,6-7,11-12H,2-3,5,8-10H2,1H3. The molecule has 1 aliphatic rings. The van der Waals surface area contributed by atoms with E-state index in [2.05, 4.69) is 19.9 Å². The molecule has 7 heteroatoms. The van der Waals surface area contributed by atoms with Crippen molar-refractivity contribution in [3.63, 3.8) is 0 Å². The zero-order chi connectivity index (χ0) is 16.1. The van der Waals surface area contributed by atoms with Gasteiger partial charge in [0, 0.05) is 30.9 Å². The third kappa shape index (κ3) is 4.11. The van der Waals surface area contributed by atoms with Gasteiger partial charge in [0.2, 0.25) is 0 Å². The normalized spacial score (nSPS) is 18.7. The molecule has 2 aromatic heterocycles. The number of rotatable bonds is 5. The molecule has 0 N–H and O–H groups in total. The molecule has 6 nitrogen and oxygen atoms in total. The average Bonchev–Trinajstić information content (AvgIpc) is 3.05. The van der Waals surface area contributed by atoms with Crippen molar-refractivity contribution < 1.29 is 9.53 Å². The fourth-order valence-corrected chi connectivity index (χ4v) is 3.53. The van der Waals surface area contributed by atoms with Gasteiger partial charge in [-0.2, -0.15) is 0 Å². The highest BCUT2D eigenvalue weighted by atomic mass is 32.1. The van der Waals surface area contributed by atoms with E-state index in [0.717, 1.165) is 43.2 Å². The first-order valence-corrected chi connectivity index (χ1v) is 8.75. The van der Waals surface area contributed by atoms with Crippen LogP contribution in [-0.4, -0.2) is 45.5 Å². The number of hydrogen-bond acceptors (Lipinski definition) is 7. The quantitative estimate of drug-likeness (QED) is 0.783. The van der Waals surface area contributed by atoms with Crippen LogP contribution < -0.4 is 0 Å². The Kier molecular flexibility index (Phi) is 5.30. The second-order valence-electron chi connectivity index (χ2n) is 5.54. The predicted molar refractivity (Wildman–Crippen MR) is 87.8 cm³/mol. The van der Waals surface area contributed by atoms with Gasteiger partial charge in [-0.05, 0) is 32.4 Å². The third-order valence-electron chi connectivity index (χ3n) is 3.82. The summed E-state index contributed by atoms with van der Waals surface area (Å²) in [6.07, 6.45) is 5.37. The molecule has 1 unspecified atom stereocenters. The molecule has 0 aromatic carbocycles. The molecule has 3 rings (SSSR count). The zero-order valence-electron chi connectivity index (χ0n) is 13.1. The molecule has 3 heterocycles. The van der Waals surface area contributed by atoms with Crippen molar-refractivity contribution in [1.82, 2.24) is 19.9 Å². The van der Waals surface area contributed by atoms with Gasteiger partial charge in [-0.1, -0.05) is 0 Å². The molecular weight excluding hydrogens is 312 g/mol. The highest BCUT2D eigenvalue weighted by molar-refractivity contribution is 7.13. The molecule has 0 radical (unpaired) electrons. The van der Waals surface area contributed by atoms with Crippen LogP contribution in [0.5, 0.6) is 0 Å². The van der Waals surface area contributed by atoms with E-state index in [4.69, 9.17) is 4.74 Å². The molecule has 0 saturated carbocycles. The number of thiazole rings is 1. The summed E-state index contributed by atoms with van der Waals surface area (Å²) in [5.74, 6) is 0.569. The SMILES string of the molecule is CCOC(=O)C1CCCN(Cc2csc(-c3ncccn3)n2)C1. The Morgan fingerprint density at radius 1 is 1.43 bits per heavy atom. The fourth-order valence-electron chi connectivity index (χ4n) is 2.77. The van der Waals surface area contributed by atoms with Crippen LogP contribution in [0.15, 0.2) is 23.8 Å². The smallest absolute Gasteiger partial charge is 0.310 e. The number of ether oxygens (including phenoxy) is 1. The number of hydrogen-bond donors (Lipinski definition) is 0. The van der Waals surface area contributed by atoms with E-state index in [0.29, 0.717) is 12.4 Å². The summed E-state index contributed by atoms with van der Waals surface area (Å²) in [4.78, 5) is 27.3. The van der Waals surface area contributed by atoms with Crippen LogP contribution in [-0.2, 0) is 16.1 Å². The van der Waals surface area contributed by atoms with Crippen molar-refractivity contribution in [2.75, 3.05) is 19.7 Å². The topological polar surface area (TPSA) is 68.2 Å². The summed E-state index contributed by atoms with van der Waals surface area (Å²) in [5, 5.41) is 2.87. The maximum atomic E-state index is 11.9. The van der Waals surface area contributed by atoms with Crippen LogP contribution in [0, 0.1) is 5.92 Å². The Morgan fingerprint density at radius 2 is 2.26 bits per heavy atom. The van der Waals surface area contributed by atoms with Gasteiger partial charge in [-0.15, -0.1) is 11.3 Å². The fraction of sp³-hybridized carbons (Fsp3) is 0.500. The van der Waals surface area contributed by atoms with Crippen LogP contribution in [0.2, 0.25) is 0 Å². The van der Waals surface area contributed by atoms with E-state index in [1.807, 2.05) is 12.3 Å². The monoisotopic (exact) mass is 332 g/mol. The van der Waals surface area contributed by atoms with E-state index >= 15 is 0 Å². The van der Waals surface area contributed by atoms with Gasteiger partial charge < -0.3 is 4.74 Å². The first-order valence-electron chi connectivity index (χ1n) is 7.87. The molecule has 0 spiro atoms. The second-order valence-corrected chi connectivity index (χ2v) is 6.40. The summed E-state index contributed by atoms with van der Waals surface area (Å²) < 4.78 is 5.15. The molecule has 23 heavy (non-hydrogen) atoms. The molecular formula is C16H20N4O2S. The molecule has 1 saturated heterocycles. The van der Waals surface area contributed by atoms with Gasteiger partial charge in [-0.3, -0.25) is 9.69 Å². The number of carbonyl (C=O) groups is 1. The van der Waals surface area contributed by atoms with Gasteiger partial charge in [0.05, 0.1) is 18.2 Å². The molecule has 1 aliphatic heterocycles. The molecule has 1 fully saturated rings.